The molecule has 0 saturated carbocycles. The highest BCUT2D eigenvalue weighted by Crippen LogP contribution is 2.43. The van der Waals surface area contributed by atoms with Crippen molar-refractivity contribution in [2.45, 2.75) is 45.4 Å². The van der Waals surface area contributed by atoms with Gasteiger partial charge >= 0.3 is 0 Å². The number of imidazole rings is 2. The molecule has 2 aromatic carbocycles. The Kier molecular flexibility index (Phi) is 4.65. The van der Waals surface area contributed by atoms with Crippen LogP contribution in [0, 0.1) is 0 Å². The zero-order valence-corrected chi connectivity index (χ0v) is 18.2. The zero-order valence-electron chi connectivity index (χ0n) is 18.2. The van der Waals surface area contributed by atoms with Gasteiger partial charge in [-0.2, -0.15) is 0 Å². The summed E-state index contributed by atoms with van der Waals surface area (Å²) in [5.74, 6) is 1.86. The van der Waals surface area contributed by atoms with Crippen molar-refractivity contribution in [3.05, 3.63) is 54.4 Å². The SMILES string of the molecule is CCCCCN1C(=O)C(C)(C)c2cc3[nH]c(-c4ccc(-c5ncc[nH]5)cc4)nc3cc21. The smallest absolute Gasteiger partial charge is 0.237 e. The first-order chi connectivity index (χ1) is 15.0. The number of hydrogen-bond donors (Lipinski definition) is 2. The third-order valence-corrected chi connectivity index (χ3v) is 6.26. The van der Waals surface area contributed by atoms with Crippen molar-refractivity contribution in [2.75, 3.05) is 11.4 Å². The van der Waals surface area contributed by atoms with Gasteiger partial charge in [-0.25, -0.2) is 9.97 Å². The lowest BCUT2D eigenvalue weighted by atomic mass is 9.86. The Balaban J connectivity index is 1.51. The minimum atomic E-state index is -0.522. The summed E-state index contributed by atoms with van der Waals surface area (Å²) in [7, 11) is 0. The summed E-state index contributed by atoms with van der Waals surface area (Å²) in [6, 6.07) is 12.4. The molecule has 0 spiro atoms. The van der Waals surface area contributed by atoms with E-state index in [4.69, 9.17) is 4.98 Å². The maximum Gasteiger partial charge on any atom is 0.237 e. The first-order valence-electron chi connectivity index (χ1n) is 11.0. The van der Waals surface area contributed by atoms with Crippen LogP contribution in [0.25, 0.3) is 33.8 Å². The average molecular weight is 414 g/mol. The second-order valence-corrected chi connectivity index (χ2v) is 8.78. The first kappa shape index (κ1) is 19.5. The number of nitrogens with zero attached hydrogens (tertiary/aromatic N) is 3. The van der Waals surface area contributed by atoms with E-state index < -0.39 is 5.41 Å². The van der Waals surface area contributed by atoms with Gasteiger partial charge in [0.2, 0.25) is 5.91 Å². The molecule has 0 aliphatic carbocycles. The molecule has 158 valence electrons. The van der Waals surface area contributed by atoms with Gasteiger partial charge in [0.05, 0.1) is 22.1 Å². The summed E-state index contributed by atoms with van der Waals surface area (Å²) < 4.78 is 0. The monoisotopic (exact) mass is 413 g/mol. The van der Waals surface area contributed by atoms with Crippen LogP contribution in [-0.4, -0.2) is 32.4 Å². The molecule has 6 nitrogen and oxygen atoms in total. The van der Waals surface area contributed by atoms with Crippen molar-refractivity contribution >= 4 is 22.6 Å². The Morgan fingerprint density at radius 1 is 1.03 bits per heavy atom. The van der Waals surface area contributed by atoms with Gasteiger partial charge in [0.25, 0.3) is 0 Å². The summed E-state index contributed by atoms with van der Waals surface area (Å²) in [5, 5.41) is 0. The van der Waals surface area contributed by atoms with Gasteiger partial charge < -0.3 is 14.9 Å². The quantitative estimate of drug-likeness (QED) is 0.414. The summed E-state index contributed by atoms with van der Waals surface area (Å²) in [5.41, 5.74) is 5.45. The molecule has 6 heteroatoms. The molecule has 2 aromatic heterocycles. The lowest BCUT2D eigenvalue weighted by Crippen LogP contribution is -2.36. The molecule has 31 heavy (non-hydrogen) atoms. The molecule has 0 unspecified atom stereocenters. The number of carbonyl (C=O) groups is 1. The lowest BCUT2D eigenvalue weighted by Gasteiger charge is -2.20. The molecule has 1 aliphatic rings. The van der Waals surface area contributed by atoms with E-state index in [9.17, 15) is 4.79 Å². The van der Waals surface area contributed by atoms with Crippen molar-refractivity contribution in [3.63, 3.8) is 0 Å². The first-order valence-corrected chi connectivity index (χ1v) is 11.0. The van der Waals surface area contributed by atoms with Crippen molar-refractivity contribution in [3.8, 4) is 22.8 Å². The molecular formula is C25H27N5O. The molecule has 0 saturated heterocycles. The van der Waals surface area contributed by atoms with Crippen LogP contribution in [0.1, 0.15) is 45.6 Å². The number of carbonyl (C=O) groups excluding carboxylic acids is 1. The minimum Gasteiger partial charge on any atom is -0.345 e. The molecule has 5 rings (SSSR count). The van der Waals surface area contributed by atoms with Gasteiger partial charge in [-0.15, -0.1) is 0 Å². The molecule has 1 amide bonds. The molecular weight excluding hydrogens is 386 g/mol. The number of fused-ring (bicyclic) bond motifs is 2. The third-order valence-electron chi connectivity index (χ3n) is 6.26. The fraction of sp³-hybridized carbons (Fsp3) is 0.320. The van der Waals surface area contributed by atoms with E-state index in [2.05, 4.69) is 34.0 Å². The Morgan fingerprint density at radius 2 is 1.77 bits per heavy atom. The van der Waals surface area contributed by atoms with Gasteiger partial charge in [-0.1, -0.05) is 44.0 Å². The highest BCUT2D eigenvalue weighted by atomic mass is 16.2. The van der Waals surface area contributed by atoms with Gasteiger partial charge in [0.1, 0.15) is 11.6 Å². The van der Waals surface area contributed by atoms with E-state index in [-0.39, 0.29) is 5.91 Å². The van der Waals surface area contributed by atoms with Crippen LogP contribution >= 0.6 is 0 Å². The van der Waals surface area contributed by atoms with E-state index in [1.807, 2.05) is 49.2 Å². The van der Waals surface area contributed by atoms with E-state index in [1.54, 1.807) is 6.20 Å². The van der Waals surface area contributed by atoms with Crippen LogP contribution < -0.4 is 4.90 Å². The van der Waals surface area contributed by atoms with Crippen LogP contribution in [0.15, 0.2) is 48.8 Å². The molecule has 0 radical (unpaired) electrons. The minimum absolute atomic E-state index is 0.181. The van der Waals surface area contributed by atoms with Crippen molar-refractivity contribution in [1.82, 2.24) is 19.9 Å². The molecule has 0 atom stereocenters. The Morgan fingerprint density at radius 3 is 2.45 bits per heavy atom. The number of rotatable bonds is 6. The summed E-state index contributed by atoms with van der Waals surface area (Å²) in [4.78, 5) is 30.8. The number of nitrogens with one attached hydrogen (secondary N) is 2. The summed E-state index contributed by atoms with van der Waals surface area (Å²) in [6.45, 7) is 6.98. The number of anilines is 1. The van der Waals surface area contributed by atoms with Gasteiger partial charge in [-0.05, 0) is 38.0 Å². The highest BCUT2D eigenvalue weighted by Gasteiger charge is 2.43. The number of amides is 1. The van der Waals surface area contributed by atoms with Gasteiger partial charge in [0.15, 0.2) is 0 Å². The van der Waals surface area contributed by atoms with Crippen LogP contribution in [-0.2, 0) is 10.2 Å². The summed E-state index contributed by atoms with van der Waals surface area (Å²) >= 11 is 0. The van der Waals surface area contributed by atoms with Gasteiger partial charge in [0, 0.05) is 30.1 Å². The number of benzene rings is 2. The number of aromatic nitrogens is 4. The third kappa shape index (κ3) is 3.23. The summed E-state index contributed by atoms with van der Waals surface area (Å²) in [6.07, 6.45) is 6.85. The van der Waals surface area contributed by atoms with Crippen molar-refractivity contribution in [2.24, 2.45) is 0 Å². The second-order valence-electron chi connectivity index (χ2n) is 8.78. The van der Waals surface area contributed by atoms with Crippen LogP contribution in [0.3, 0.4) is 0 Å². The normalized spacial score (nSPS) is 15.1. The van der Waals surface area contributed by atoms with E-state index in [0.29, 0.717) is 0 Å². The van der Waals surface area contributed by atoms with Crippen LogP contribution in [0.2, 0.25) is 0 Å². The fourth-order valence-electron chi connectivity index (χ4n) is 4.42. The highest BCUT2D eigenvalue weighted by molar-refractivity contribution is 6.09. The molecule has 3 heterocycles. The molecule has 2 N–H and O–H groups in total. The standard InChI is InChI=1S/C25H27N5O/c1-4-5-6-13-30-21-15-20-19(14-18(21)25(2,3)24(30)31)28-23(29-20)17-9-7-16(8-10-17)22-26-11-12-27-22/h7-12,14-15H,4-6,13H2,1-3H3,(H,26,27)(H,28,29). The maximum atomic E-state index is 13.1. The number of aromatic amines is 2. The maximum absolute atomic E-state index is 13.1. The van der Waals surface area contributed by atoms with E-state index >= 15 is 0 Å². The van der Waals surface area contributed by atoms with Gasteiger partial charge in [-0.3, -0.25) is 4.79 Å². The molecule has 1 aliphatic heterocycles. The number of hydrogen-bond acceptors (Lipinski definition) is 3. The predicted molar refractivity (Wildman–Crippen MR) is 124 cm³/mol. The Bertz CT molecular complexity index is 1240. The Labute approximate surface area is 181 Å². The van der Waals surface area contributed by atoms with Crippen LogP contribution in [0.5, 0.6) is 0 Å². The number of H-pyrrole nitrogens is 2. The topological polar surface area (TPSA) is 77.7 Å². The van der Waals surface area contributed by atoms with Crippen molar-refractivity contribution in [1.29, 1.82) is 0 Å². The second kappa shape index (κ2) is 7.38. The van der Waals surface area contributed by atoms with E-state index in [1.165, 1.54) is 0 Å². The molecule has 0 bridgehead atoms. The van der Waals surface area contributed by atoms with Crippen molar-refractivity contribution < 1.29 is 4.79 Å². The fourth-order valence-corrected chi connectivity index (χ4v) is 4.42. The Hall–Kier alpha value is -3.41. The number of unbranched alkanes of at least 4 members (excludes halogenated alkanes) is 2. The zero-order chi connectivity index (χ0) is 21.6. The average Bonchev–Trinajstić information content (AvgIpc) is 3.48. The molecule has 0 fully saturated rings. The lowest BCUT2D eigenvalue weighted by molar-refractivity contribution is -0.122. The largest absolute Gasteiger partial charge is 0.345 e. The van der Waals surface area contributed by atoms with E-state index in [0.717, 1.165) is 70.9 Å². The molecule has 4 aromatic rings. The van der Waals surface area contributed by atoms with Crippen LogP contribution in [0.4, 0.5) is 5.69 Å². The predicted octanol–water partition coefficient (Wildman–Crippen LogP) is 5.43.